The topological polar surface area (TPSA) is 78.1 Å². The fourth-order valence-electron chi connectivity index (χ4n) is 3.81. The van der Waals surface area contributed by atoms with Gasteiger partial charge in [-0.25, -0.2) is 13.8 Å². The Balaban J connectivity index is 1.45. The van der Waals surface area contributed by atoms with Crippen LogP contribution in [0.5, 0.6) is 0 Å². The Labute approximate surface area is 162 Å². The van der Waals surface area contributed by atoms with E-state index in [1.807, 2.05) is 0 Å². The second-order valence-corrected chi connectivity index (χ2v) is 8.20. The molecule has 1 aliphatic carbocycles. The number of rotatable bonds is 4. The number of nitrogens with one attached hydrogen (secondary N) is 2. The fraction of sp³-hybridized carbons (Fsp3) is 0.500. The number of amides is 2. The number of hydrogen-bond acceptors (Lipinski definition) is 3. The standard InChI is InChI=1S/C18H19BrF2N4O2/c1-2-11(16(27)25-4-3-17(9-25)8-18(17,20)21)24-15(26)12-5-10-6-14(19)22-7-13(10)23-12/h5-7,11,23H,2-4,8-9H2,1H3,(H,24,26)/t11-,17-/m1/s1. The van der Waals surface area contributed by atoms with Crippen molar-refractivity contribution in [2.45, 2.75) is 38.2 Å². The molecule has 2 amide bonds. The van der Waals surface area contributed by atoms with Crippen molar-refractivity contribution in [3.8, 4) is 0 Å². The highest BCUT2D eigenvalue weighted by atomic mass is 79.9. The van der Waals surface area contributed by atoms with Crippen molar-refractivity contribution in [1.82, 2.24) is 20.2 Å². The average Bonchev–Trinajstić information content (AvgIpc) is 3.01. The summed E-state index contributed by atoms with van der Waals surface area (Å²) in [5, 5.41) is 3.54. The Morgan fingerprint density at radius 2 is 2.19 bits per heavy atom. The van der Waals surface area contributed by atoms with Gasteiger partial charge in [0.2, 0.25) is 5.91 Å². The van der Waals surface area contributed by atoms with Crippen LogP contribution in [0.1, 0.15) is 36.7 Å². The second-order valence-electron chi connectivity index (χ2n) is 7.38. The first-order valence-corrected chi connectivity index (χ1v) is 9.66. The van der Waals surface area contributed by atoms with E-state index in [-0.39, 0.29) is 18.9 Å². The average molecular weight is 441 g/mol. The van der Waals surface area contributed by atoms with Crippen molar-refractivity contribution in [3.63, 3.8) is 0 Å². The smallest absolute Gasteiger partial charge is 0.268 e. The van der Waals surface area contributed by atoms with Crippen molar-refractivity contribution in [3.05, 3.63) is 28.6 Å². The van der Waals surface area contributed by atoms with Crippen molar-refractivity contribution in [2.24, 2.45) is 5.41 Å². The zero-order valence-corrected chi connectivity index (χ0v) is 16.3. The predicted octanol–water partition coefficient (Wildman–Crippen LogP) is 3.09. The molecule has 3 heterocycles. The Hall–Kier alpha value is -2.03. The molecule has 6 nitrogen and oxygen atoms in total. The van der Waals surface area contributed by atoms with E-state index in [9.17, 15) is 18.4 Å². The Morgan fingerprint density at radius 1 is 1.44 bits per heavy atom. The van der Waals surface area contributed by atoms with Crippen LogP contribution in [-0.2, 0) is 4.79 Å². The molecule has 2 atom stereocenters. The highest BCUT2D eigenvalue weighted by molar-refractivity contribution is 9.10. The SMILES string of the molecule is CC[C@@H](NC(=O)c1cc2cc(Br)ncc2[nH]1)C(=O)N1CC[C@]2(C1)CC2(F)F. The van der Waals surface area contributed by atoms with Crippen LogP contribution < -0.4 is 5.32 Å². The molecule has 1 aliphatic heterocycles. The van der Waals surface area contributed by atoms with Gasteiger partial charge >= 0.3 is 0 Å². The first-order valence-electron chi connectivity index (χ1n) is 8.86. The first-order chi connectivity index (χ1) is 12.7. The van der Waals surface area contributed by atoms with E-state index < -0.39 is 23.3 Å². The van der Waals surface area contributed by atoms with Crippen molar-refractivity contribution < 1.29 is 18.4 Å². The molecule has 0 bridgehead atoms. The van der Waals surface area contributed by atoms with E-state index in [0.717, 1.165) is 5.39 Å². The summed E-state index contributed by atoms with van der Waals surface area (Å²) in [5.41, 5.74) is -0.00866. The van der Waals surface area contributed by atoms with Gasteiger partial charge in [-0.2, -0.15) is 0 Å². The summed E-state index contributed by atoms with van der Waals surface area (Å²) in [6.07, 6.45) is 2.17. The van der Waals surface area contributed by atoms with Gasteiger partial charge in [-0.05, 0) is 40.9 Å². The molecule has 2 aliphatic rings. The van der Waals surface area contributed by atoms with Gasteiger partial charge in [-0.3, -0.25) is 9.59 Å². The number of alkyl halides is 2. The first kappa shape index (κ1) is 18.3. The van der Waals surface area contributed by atoms with Crippen molar-refractivity contribution in [1.29, 1.82) is 0 Å². The van der Waals surface area contributed by atoms with E-state index in [0.29, 0.717) is 35.2 Å². The Morgan fingerprint density at radius 3 is 2.81 bits per heavy atom. The predicted molar refractivity (Wildman–Crippen MR) is 98.5 cm³/mol. The zero-order valence-electron chi connectivity index (χ0n) is 14.7. The number of carbonyl (C=O) groups excluding carboxylic acids is 2. The van der Waals surface area contributed by atoms with E-state index in [1.165, 1.54) is 4.90 Å². The molecule has 0 aromatic carbocycles. The molecule has 1 saturated heterocycles. The number of likely N-dealkylation sites (tertiary alicyclic amines) is 1. The minimum absolute atomic E-state index is 0.0668. The third-order valence-corrected chi connectivity index (χ3v) is 6.04. The van der Waals surface area contributed by atoms with E-state index in [2.05, 4.69) is 31.2 Å². The number of nitrogens with zero attached hydrogens (tertiary/aromatic N) is 2. The summed E-state index contributed by atoms with van der Waals surface area (Å²) in [5.74, 6) is -3.38. The van der Waals surface area contributed by atoms with Crippen LogP contribution >= 0.6 is 15.9 Å². The molecule has 144 valence electrons. The van der Waals surface area contributed by atoms with Crippen LogP contribution in [0, 0.1) is 5.41 Å². The molecule has 2 fully saturated rings. The van der Waals surface area contributed by atoms with Gasteiger partial charge in [0.1, 0.15) is 16.3 Å². The van der Waals surface area contributed by atoms with Gasteiger partial charge in [0.15, 0.2) is 0 Å². The largest absolute Gasteiger partial charge is 0.349 e. The molecular weight excluding hydrogens is 422 g/mol. The number of H-pyrrole nitrogens is 1. The summed E-state index contributed by atoms with van der Waals surface area (Å²) in [7, 11) is 0. The lowest BCUT2D eigenvalue weighted by Crippen LogP contribution is -2.47. The highest BCUT2D eigenvalue weighted by Crippen LogP contribution is 2.65. The lowest BCUT2D eigenvalue weighted by atomic mass is 10.1. The minimum atomic E-state index is -2.67. The molecule has 9 heteroatoms. The van der Waals surface area contributed by atoms with E-state index >= 15 is 0 Å². The number of fused-ring (bicyclic) bond motifs is 1. The molecule has 27 heavy (non-hydrogen) atoms. The molecule has 0 radical (unpaired) electrons. The minimum Gasteiger partial charge on any atom is -0.349 e. The molecule has 0 unspecified atom stereocenters. The molecule has 1 saturated carbocycles. The summed E-state index contributed by atoms with van der Waals surface area (Å²) in [6, 6.07) is 2.73. The van der Waals surface area contributed by atoms with E-state index in [1.54, 1.807) is 25.3 Å². The van der Waals surface area contributed by atoms with Crippen molar-refractivity contribution >= 4 is 38.6 Å². The van der Waals surface area contributed by atoms with Gasteiger partial charge in [0.05, 0.1) is 17.1 Å². The molecular formula is C18H19BrF2N4O2. The quantitative estimate of drug-likeness (QED) is 0.716. The summed E-state index contributed by atoms with van der Waals surface area (Å²) in [4.78, 5) is 33.8. The van der Waals surface area contributed by atoms with Gasteiger partial charge in [-0.15, -0.1) is 0 Å². The third-order valence-electron chi connectivity index (χ3n) is 5.60. The van der Waals surface area contributed by atoms with Gasteiger partial charge in [-0.1, -0.05) is 6.92 Å². The Bertz CT molecular complexity index is 931. The van der Waals surface area contributed by atoms with Crippen LogP contribution in [0.15, 0.2) is 22.9 Å². The van der Waals surface area contributed by atoms with Crippen molar-refractivity contribution in [2.75, 3.05) is 13.1 Å². The van der Waals surface area contributed by atoms with Gasteiger partial charge in [0, 0.05) is 24.9 Å². The zero-order chi connectivity index (χ0) is 19.4. The maximum absolute atomic E-state index is 13.6. The summed E-state index contributed by atoms with van der Waals surface area (Å²) < 4.78 is 27.8. The maximum Gasteiger partial charge on any atom is 0.268 e. The van der Waals surface area contributed by atoms with Crippen LogP contribution in [0.2, 0.25) is 0 Å². The number of pyridine rings is 1. The molecule has 4 rings (SSSR count). The third kappa shape index (κ3) is 3.11. The number of aromatic nitrogens is 2. The van der Waals surface area contributed by atoms with Gasteiger partial charge < -0.3 is 15.2 Å². The van der Waals surface area contributed by atoms with Crippen LogP contribution in [0.25, 0.3) is 10.9 Å². The fourth-order valence-corrected chi connectivity index (χ4v) is 4.15. The highest BCUT2D eigenvalue weighted by Gasteiger charge is 2.73. The second kappa shape index (κ2) is 6.25. The maximum atomic E-state index is 13.6. The van der Waals surface area contributed by atoms with Crippen LogP contribution in [-0.4, -0.2) is 51.7 Å². The number of carbonyl (C=O) groups is 2. The van der Waals surface area contributed by atoms with E-state index in [4.69, 9.17) is 0 Å². The normalized spacial score (nSPS) is 24.4. The number of halogens is 3. The molecule has 1 spiro atoms. The number of hydrogen-bond donors (Lipinski definition) is 2. The summed E-state index contributed by atoms with van der Waals surface area (Å²) >= 11 is 3.28. The monoisotopic (exact) mass is 440 g/mol. The van der Waals surface area contributed by atoms with Gasteiger partial charge in [0.25, 0.3) is 11.8 Å². The molecule has 2 N–H and O–H groups in total. The Kier molecular flexibility index (Phi) is 4.25. The van der Waals surface area contributed by atoms with Crippen LogP contribution in [0.4, 0.5) is 8.78 Å². The lowest BCUT2D eigenvalue weighted by molar-refractivity contribution is -0.132. The van der Waals surface area contributed by atoms with Crippen LogP contribution in [0.3, 0.4) is 0 Å². The number of aromatic amines is 1. The summed E-state index contributed by atoms with van der Waals surface area (Å²) in [6.45, 7) is 2.16. The molecule has 2 aromatic heterocycles. The lowest BCUT2D eigenvalue weighted by Gasteiger charge is -2.23. The molecule has 2 aromatic rings.